The van der Waals surface area contributed by atoms with Gasteiger partial charge in [0, 0.05) is 13.6 Å². The van der Waals surface area contributed by atoms with Crippen LogP contribution in [0.4, 0.5) is 0 Å². The topological polar surface area (TPSA) is 90.6 Å². The third kappa shape index (κ3) is 3.07. The third-order valence-corrected chi connectivity index (χ3v) is 5.77. The summed E-state index contributed by atoms with van der Waals surface area (Å²) in [5.74, 6) is 0.190. The second-order valence-electron chi connectivity index (χ2n) is 7.77. The molecule has 4 aliphatic carbocycles. The number of nitriles is 1. The van der Waals surface area contributed by atoms with E-state index < -0.39 is 11.0 Å². The van der Waals surface area contributed by atoms with E-state index in [4.69, 9.17) is 10.00 Å². The van der Waals surface area contributed by atoms with E-state index in [1.165, 1.54) is 4.90 Å². The number of carbonyl (C=O) groups excluding carboxylic acids is 2. The molecular weight excluding hydrogens is 296 g/mol. The number of amides is 1. The monoisotopic (exact) mass is 320 g/mol. The van der Waals surface area contributed by atoms with Crippen LogP contribution in [-0.4, -0.2) is 47.7 Å². The summed E-state index contributed by atoms with van der Waals surface area (Å²) in [4.78, 5) is 26.0. The van der Waals surface area contributed by atoms with Gasteiger partial charge in [-0.1, -0.05) is 0 Å². The van der Waals surface area contributed by atoms with Gasteiger partial charge in [-0.15, -0.1) is 0 Å². The second-order valence-corrected chi connectivity index (χ2v) is 7.77. The molecule has 0 aliphatic heterocycles. The Bertz CT molecular complexity index is 539. The van der Waals surface area contributed by atoms with Gasteiger partial charge in [-0.05, 0) is 50.4 Å². The van der Waals surface area contributed by atoms with Crippen LogP contribution < -0.4 is 0 Å². The molecule has 6 heteroatoms. The van der Waals surface area contributed by atoms with Crippen LogP contribution in [0, 0.1) is 28.6 Å². The lowest BCUT2D eigenvalue weighted by Crippen LogP contribution is -2.58. The smallest absolute Gasteiger partial charge is 0.312 e. The Kier molecular flexibility index (Phi) is 4.09. The van der Waals surface area contributed by atoms with Crippen LogP contribution in [0.1, 0.15) is 44.9 Å². The molecular formula is C17H24N2O4. The van der Waals surface area contributed by atoms with Gasteiger partial charge in [0.1, 0.15) is 0 Å². The first kappa shape index (κ1) is 16.3. The molecule has 4 rings (SSSR count). The van der Waals surface area contributed by atoms with E-state index in [9.17, 15) is 14.7 Å². The van der Waals surface area contributed by atoms with Crippen molar-refractivity contribution >= 4 is 11.9 Å². The van der Waals surface area contributed by atoms with Gasteiger partial charge in [0.05, 0.1) is 23.5 Å². The second kappa shape index (κ2) is 5.79. The Labute approximate surface area is 136 Å². The summed E-state index contributed by atoms with van der Waals surface area (Å²) >= 11 is 0. The molecule has 0 radical (unpaired) electrons. The first-order valence-electron chi connectivity index (χ1n) is 8.36. The standard InChI is InChI=1S/C17H24N2O4/c1-19(4-2-3-18)14(20)10-23-15(21)16-6-12-5-13(7-16)9-17(22,8-12)11-16/h12-13,22H,2,4-11H2,1H3/t12-,13-,16?,17?/m0/s1. The fraction of sp³-hybridized carbons (Fsp3) is 0.824. The first-order chi connectivity index (χ1) is 10.9. The lowest BCUT2D eigenvalue weighted by molar-refractivity contribution is -0.196. The first-order valence-corrected chi connectivity index (χ1v) is 8.36. The number of esters is 1. The van der Waals surface area contributed by atoms with E-state index in [0.717, 1.165) is 32.1 Å². The van der Waals surface area contributed by atoms with Crippen LogP contribution in [0.25, 0.3) is 0 Å². The average molecular weight is 320 g/mol. The quantitative estimate of drug-likeness (QED) is 0.770. The molecule has 6 nitrogen and oxygen atoms in total. The van der Waals surface area contributed by atoms with Gasteiger partial charge < -0.3 is 14.7 Å². The van der Waals surface area contributed by atoms with E-state index in [0.29, 0.717) is 24.8 Å². The number of ether oxygens (including phenoxy) is 1. The Morgan fingerprint density at radius 3 is 2.52 bits per heavy atom. The normalized spacial score (nSPS) is 37.3. The highest BCUT2D eigenvalue weighted by atomic mass is 16.5. The van der Waals surface area contributed by atoms with Crippen molar-refractivity contribution < 1.29 is 19.4 Å². The zero-order valence-electron chi connectivity index (χ0n) is 13.6. The van der Waals surface area contributed by atoms with Crippen LogP contribution in [0.5, 0.6) is 0 Å². The van der Waals surface area contributed by atoms with Crippen molar-refractivity contribution in [1.29, 1.82) is 5.26 Å². The predicted molar refractivity (Wildman–Crippen MR) is 80.9 cm³/mol. The number of rotatable bonds is 5. The van der Waals surface area contributed by atoms with Crippen LogP contribution in [-0.2, 0) is 14.3 Å². The predicted octanol–water partition coefficient (Wildman–Crippen LogP) is 1.23. The highest BCUT2D eigenvalue weighted by Crippen LogP contribution is 2.61. The van der Waals surface area contributed by atoms with Crippen LogP contribution in [0.15, 0.2) is 0 Å². The molecule has 4 bridgehead atoms. The molecule has 4 saturated carbocycles. The molecule has 0 spiro atoms. The highest BCUT2D eigenvalue weighted by molar-refractivity contribution is 5.83. The molecule has 1 amide bonds. The maximum Gasteiger partial charge on any atom is 0.312 e. The molecule has 0 aromatic heterocycles. The van der Waals surface area contributed by atoms with Gasteiger partial charge in [0.25, 0.3) is 5.91 Å². The maximum atomic E-state index is 12.6. The Morgan fingerprint density at radius 1 is 1.30 bits per heavy atom. The van der Waals surface area contributed by atoms with Crippen molar-refractivity contribution in [1.82, 2.24) is 4.90 Å². The molecule has 1 N–H and O–H groups in total. The number of hydrogen-bond donors (Lipinski definition) is 1. The van der Waals surface area contributed by atoms with Gasteiger partial charge in [-0.3, -0.25) is 9.59 Å². The van der Waals surface area contributed by atoms with Crippen LogP contribution in [0.2, 0.25) is 0 Å². The van der Waals surface area contributed by atoms with Crippen molar-refractivity contribution in [2.24, 2.45) is 17.3 Å². The lowest BCUT2D eigenvalue weighted by Gasteiger charge is -2.58. The fourth-order valence-electron chi connectivity index (χ4n) is 5.19. The van der Waals surface area contributed by atoms with Gasteiger partial charge in [-0.25, -0.2) is 0 Å². The summed E-state index contributed by atoms with van der Waals surface area (Å²) in [5.41, 5.74) is -1.30. The SMILES string of the molecule is CN(CCC#N)C(=O)COC(=O)C12C[C@@H]3C[C@H](CC(O)(C3)C1)C2. The molecule has 0 unspecified atom stereocenters. The third-order valence-electron chi connectivity index (χ3n) is 5.77. The summed E-state index contributed by atoms with van der Waals surface area (Å²) in [6.45, 7) is 0.0538. The molecule has 126 valence electrons. The Balaban J connectivity index is 1.59. The van der Waals surface area contributed by atoms with E-state index in [1.807, 2.05) is 6.07 Å². The largest absolute Gasteiger partial charge is 0.455 e. The van der Waals surface area contributed by atoms with Gasteiger partial charge >= 0.3 is 5.97 Å². The van der Waals surface area contributed by atoms with Gasteiger partial charge in [0.15, 0.2) is 6.61 Å². The number of hydrogen-bond acceptors (Lipinski definition) is 5. The van der Waals surface area contributed by atoms with E-state index >= 15 is 0 Å². The molecule has 2 atom stereocenters. The number of likely N-dealkylation sites (N-methyl/N-ethyl adjacent to an activating group) is 1. The number of aliphatic hydroxyl groups is 1. The maximum absolute atomic E-state index is 12.6. The Hall–Kier alpha value is -1.61. The summed E-state index contributed by atoms with van der Waals surface area (Å²) < 4.78 is 5.31. The average Bonchev–Trinajstić information content (AvgIpc) is 2.47. The minimum absolute atomic E-state index is 0.260. The molecule has 0 heterocycles. The molecule has 4 aliphatic rings. The number of nitrogens with zero attached hydrogens (tertiary/aromatic N) is 2. The molecule has 0 saturated heterocycles. The fourth-order valence-corrected chi connectivity index (χ4v) is 5.19. The van der Waals surface area contributed by atoms with Crippen molar-refractivity contribution in [2.45, 2.75) is 50.5 Å². The van der Waals surface area contributed by atoms with Gasteiger partial charge in [0.2, 0.25) is 0 Å². The molecule has 0 aromatic rings. The van der Waals surface area contributed by atoms with E-state index in [2.05, 4.69) is 0 Å². The van der Waals surface area contributed by atoms with E-state index in [1.54, 1.807) is 7.05 Å². The summed E-state index contributed by atoms with van der Waals surface area (Å²) in [7, 11) is 1.60. The van der Waals surface area contributed by atoms with Crippen LogP contribution >= 0.6 is 0 Å². The number of carbonyl (C=O) groups is 2. The molecule has 0 aromatic carbocycles. The highest BCUT2D eigenvalue weighted by Gasteiger charge is 2.60. The zero-order valence-corrected chi connectivity index (χ0v) is 13.6. The minimum atomic E-state index is -0.712. The van der Waals surface area contributed by atoms with Crippen molar-refractivity contribution in [3.63, 3.8) is 0 Å². The van der Waals surface area contributed by atoms with Gasteiger partial charge in [-0.2, -0.15) is 5.26 Å². The zero-order chi connectivity index (χ0) is 16.7. The molecule has 4 fully saturated rings. The summed E-state index contributed by atoms with van der Waals surface area (Å²) in [5, 5.41) is 19.2. The van der Waals surface area contributed by atoms with E-state index in [-0.39, 0.29) is 24.9 Å². The van der Waals surface area contributed by atoms with Crippen molar-refractivity contribution in [3.8, 4) is 6.07 Å². The minimum Gasteiger partial charge on any atom is -0.455 e. The van der Waals surface area contributed by atoms with Crippen molar-refractivity contribution in [3.05, 3.63) is 0 Å². The summed E-state index contributed by atoms with van der Waals surface area (Å²) in [6.07, 6.45) is 5.00. The Morgan fingerprint density at radius 2 is 1.96 bits per heavy atom. The van der Waals surface area contributed by atoms with Crippen LogP contribution in [0.3, 0.4) is 0 Å². The van der Waals surface area contributed by atoms with Crippen molar-refractivity contribution in [2.75, 3.05) is 20.2 Å². The summed E-state index contributed by atoms with van der Waals surface area (Å²) in [6, 6.07) is 1.98. The molecule has 23 heavy (non-hydrogen) atoms. The lowest BCUT2D eigenvalue weighted by atomic mass is 9.48.